The van der Waals surface area contributed by atoms with Crippen LogP contribution in [0.4, 0.5) is 10.1 Å². The number of nitrogens with zero attached hydrogens (tertiary/aromatic N) is 2. The van der Waals surface area contributed by atoms with Gasteiger partial charge in [0.2, 0.25) is 11.8 Å². The minimum absolute atomic E-state index is 0.0384. The van der Waals surface area contributed by atoms with E-state index in [9.17, 15) is 23.9 Å². The standard InChI is InChI=1S/C19H23FN2O5/c1-12-7-14(3-4-15(12)20)22-9-13(8-16(22)23)17(24)21-6-5-19(10-21,11-27-2)18(25)26/h3-4,7,13H,5-6,8-11H2,1-2H3,(H,25,26). The predicted molar refractivity (Wildman–Crippen MR) is 94.7 cm³/mol. The van der Waals surface area contributed by atoms with Gasteiger partial charge in [0, 0.05) is 38.9 Å². The van der Waals surface area contributed by atoms with Gasteiger partial charge in [-0.3, -0.25) is 14.4 Å². The minimum Gasteiger partial charge on any atom is -0.481 e. The van der Waals surface area contributed by atoms with Crippen molar-refractivity contribution in [3.05, 3.63) is 29.6 Å². The second-order valence-corrected chi connectivity index (χ2v) is 7.37. The molecule has 0 aromatic heterocycles. The Morgan fingerprint density at radius 1 is 1.41 bits per heavy atom. The number of halogens is 1. The Morgan fingerprint density at radius 2 is 2.15 bits per heavy atom. The molecule has 0 radical (unpaired) electrons. The molecule has 146 valence electrons. The number of ether oxygens (including phenoxy) is 1. The molecule has 2 aliphatic rings. The summed E-state index contributed by atoms with van der Waals surface area (Å²) in [5.41, 5.74) is -0.101. The first-order valence-corrected chi connectivity index (χ1v) is 8.85. The third kappa shape index (κ3) is 3.53. The Kier molecular flexibility index (Phi) is 5.19. The second-order valence-electron chi connectivity index (χ2n) is 7.37. The second kappa shape index (κ2) is 7.26. The monoisotopic (exact) mass is 378 g/mol. The van der Waals surface area contributed by atoms with Gasteiger partial charge in [0.15, 0.2) is 0 Å². The van der Waals surface area contributed by atoms with Crippen LogP contribution in [0.1, 0.15) is 18.4 Å². The highest BCUT2D eigenvalue weighted by Gasteiger charge is 2.48. The predicted octanol–water partition coefficient (Wildman–Crippen LogP) is 1.44. The van der Waals surface area contributed by atoms with E-state index in [0.29, 0.717) is 24.2 Å². The lowest BCUT2D eigenvalue weighted by Crippen LogP contribution is -2.42. The zero-order chi connectivity index (χ0) is 19.8. The fraction of sp³-hybridized carbons (Fsp3) is 0.526. The van der Waals surface area contributed by atoms with Gasteiger partial charge in [0.1, 0.15) is 11.2 Å². The van der Waals surface area contributed by atoms with Crippen LogP contribution in [0.5, 0.6) is 0 Å². The highest BCUT2D eigenvalue weighted by atomic mass is 19.1. The molecular formula is C19H23FN2O5. The average molecular weight is 378 g/mol. The van der Waals surface area contributed by atoms with Crippen molar-refractivity contribution in [2.45, 2.75) is 19.8 Å². The molecule has 2 heterocycles. The number of rotatable bonds is 5. The highest BCUT2D eigenvalue weighted by molar-refractivity contribution is 6.00. The molecule has 1 aromatic carbocycles. The van der Waals surface area contributed by atoms with Crippen LogP contribution in [0.25, 0.3) is 0 Å². The molecule has 7 nitrogen and oxygen atoms in total. The maximum Gasteiger partial charge on any atom is 0.313 e. The van der Waals surface area contributed by atoms with Crippen LogP contribution in [-0.4, -0.2) is 61.1 Å². The van der Waals surface area contributed by atoms with E-state index in [4.69, 9.17) is 4.74 Å². The molecule has 0 saturated carbocycles. The zero-order valence-corrected chi connectivity index (χ0v) is 15.4. The smallest absolute Gasteiger partial charge is 0.313 e. The summed E-state index contributed by atoms with van der Waals surface area (Å²) in [6, 6.07) is 4.42. The topological polar surface area (TPSA) is 87.1 Å². The molecule has 0 aliphatic carbocycles. The summed E-state index contributed by atoms with van der Waals surface area (Å²) in [6.07, 6.45) is 0.388. The molecule has 0 spiro atoms. The summed E-state index contributed by atoms with van der Waals surface area (Å²) in [7, 11) is 1.44. The SMILES string of the molecule is COCC1(C(=O)O)CCN(C(=O)C2CC(=O)N(c3ccc(F)c(C)c3)C2)C1. The number of carbonyl (C=O) groups excluding carboxylic acids is 2. The number of carboxylic acids is 1. The number of hydrogen-bond acceptors (Lipinski definition) is 4. The molecule has 1 aromatic rings. The number of carbonyl (C=O) groups is 3. The van der Waals surface area contributed by atoms with Gasteiger partial charge < -0.3 is 19.6 Å². The average Bonchev–Trinajstić information content (AvgIpc) is 3.22. The maximum absolute atomic E-state index is 13.5. The normalized spacial score (nSPS) is 25.3. The van der Waals surface area contributed by atoms with Gasteiger partial charge in [-0.05, 0) is 37.1 Å². The summed E-state index contributed by atoms with van der Waals surface area (Å²) in [5, 5.41) is 9.53. The first kappa shape index (κ1) is 19.3. The summed E-state index contributed by atoms with van der Waals surface area (Å²) in [5.74, 6) is -2.28. The number of aryl methyl sites for hydroxylation is 1. The number of methoxy groups -OCH3 is 1. The van der Waals surface area contributed by atoms with Gasteiger partial charge in [0.25, 0.3) is 0 Å². The molecule has 2 saturated heterocycles. The number of benzene rings is 1. The van der Waals surface area contributed by atoms with Crippen molar-refractivity contribution in [3.63, 3.8) is 0 Å². The number of anilines is 1. The van der Waals surface area contributed by atoms with E-state index in [2.05, 4.69) is 0 Å². The van der Waals surface area contributed by atoms with Gasteiger partial charge in [0.05, 0.1) is 12.5 Å². The lowest BCUT2D eigenvalue weighted by molar-refractivity contribution is -0.152. The quantitative estimate of drug-likeness (QED) is 0.838. The van der Waals surface area contributed by atoms with Crippen LogP contribution in [-0.2, 0) is 19.1 Å². The van der Waals surface area contributed by atoms with Crippen LogP contribution in [0.15, 0.2) is 18.2 Å². The van der Waals surface area contributed by atoms with Crippen LogP contribution >= 0.6 is 0 Å². The Labute approximate surface area is 156 Å². The summed E-state index contributed by atoms with van der Waals surface area (Å²) in [4.78, 5) is 39.9. The molecule has 2 unspecified atom stereocenters. The molecule has 8 heteroatoms. The van der Waals surface area contributed by atoms with Crippen molar-refractivity contribution in [2.24, 2.45) is 11.3 Å². The van der Waals surface area contributed by atoms with Gasteiger partial charge in [-0.15, -0.1) is 0 Å². The fourth-order valence-electron chi connectivity index (χ4n) is 3.87. The first-order valence-electron chi connectivity index (χ1n) is 8.85. The Balaban J connectivity index is 1.71. The van der Waals surface area contributed by atoms with E-state index in [1.807, 2.05) is 0 Å². The molecule has 0 bridgehead atoms. The van der Waals surface area contributed by atoms with E-state index in [-0.39, 0.29) is 43.7 Å². The minimum atomic E-state index is -1.10. The fourth-order valence-corrected chi connectivity index (χ4v) is 3.87. The van der Waals surface area contributed by atoms with Crippen molar-refractivity contribution in [3.8, 4) is 0 Å². The Bertz CT molecular complexity index is 783. The van der Waals surface area contributed by atoms with Crippen LogP contribution in [0.3, 0.4) is 0 Å². The molecule has 3 rings (SSSR count). The van der Waals surface area contributed by atoms with Gasteiger partial charge >= 0.3 is 5.97 Å². The van der Waals surface area contributed by atoms with Crippen LogP contribution in [0.2, 0.25) is 0 Å². The number of likely N-dealkylation sites (tertiary alicyclic amines) is 1. The number of aliphatic carboxylic acids is 1. The summed E-state index contributed by atoms with van der Waals surface area (Å²) < 4.78 is 18.5. The van der Waals surface area contributed by atoms with E-state index in [0.717, 1.165) is 0 Å². The molecule has 2 aliphatic heterocycles. The summed E-state index contributed by atoms with van der Waals surface area (Å²) >= 11 is 0. The van der Waals surface area contributed by atoms with Crippen molar-refractivity contribution in [1.29, 1.82) is 0 Å². The molecule has 2 fully saturated rings. The van der Waals surface area contributed by atoms with E-state index >= 15 is 0 Å². The van der Waals surface area contributed by atoms with Crippen molar-refractivity contribution < 1.29 is 28.6 Å². The third-order valence-corrected chi connectivity index (χ3v) is 5.47. The van der Waals surface area contributed by atoms with E-state index in [1.54, 1.807) is 13.0 Å². The van der Waals surface area contributed by atoms with Crippen LogP contribution in [0, 0.1) is 24.1 Å². The van der Waals surface area contributed by atoms with Gasteiger partial charge in [-0.2, -0.15) is 0 Å². The zero-order valence-electron chi connectivity index (χ0n) is 15.4. The maximum atomic E-state index is 13.5. The molecule has 2 atom stereocenters. The summed E-state index contributed by atoms with van der Waals surface area (Å²) in [6.45, 7) is 2.28. The van der Waals surface area contributed by atoms with Gasteiger partial charge in [-0.1, -0.05) is 0 Å². The molecular weight excluding hydrogens is 355 g/mol. The van der Waals surface area contributed by atoms with E-state index < -0.39 is 17.3 Å². The lowest BCUT2D eigenvalue weighted by Gasteiger charge is -2.25. The van der Waals surface area contributed by atoms with Crippen molar-refractivity contribution >= 4 is 23.5 Å². The first-order chi connectivity index (χ1) is 12.8. The largest absolute Gasteiger partial charge is 0.481 e. The Hall–Kier alpha value is -2.48. The van der Waals surface area contributed by atoms with E-state index in [1.165, 1.54) is 29.0 Å². The van der Waals surface area contributed by atoms with Crippen LogP contribution < -0.4 is 4.90 Å². The number of hydrogen-bond donors (Lipinski definition) is 1. The number of carboxylic acid groups (broad SMARTS) is 1. The molecule has 1 N–H and O–H groups in total. The lowest BCUT2D eigenvalue weighted by atomic mass is 9.88. The Morgan fingerprint density at radius 3 is 2.78 bits per heavy atom. The van der Waals surface area contributed by atoms with Crippen molar-refractivity contribution in [2.75, 3.05) is 38.3 Å². The third-order valence-electron chi connectivity index (χ3n) is 5.47. The highest BCUT2D eigenvalue weighted by Crippen LogP contribution is 2.34. The molecule has 27 heavy (non-hydrogen) atoms. The molecule has 2 amide bonds. The number of amides is 2. The van der Waals surface area contributed by atoms with Gasteiger partial charge in [-0.25, -0.2) is 4.39 Å². The van der Waals surface area contributed by atoms with Crippen molar-refractivity contribution in [1.82, 2.24) is 4.90 Å².